The van der Waals surface area contributed by atoms with Gasteiger partial charge >= 0.3 is 0 Å². The summed E-state index contributed by atoms with van der Waals surface area (Å²) in [5.74, 6) is 0.919. The summed E-state index contributed by atoms with van der Waals surface area (Å²) in [5.41, 5.74) is 1.07. The molecule has 0 aliphatic heterocycles. The Morgan fingerprint density at radius 1 is 1.15 bits per heavy atom. The molecule has 1 aromatic carbocycles. The number of phenolic OH excluding ortho intramolecular Hbond substituents is 1. The molecule has 0 bridgehead atoms. The highest BCUT2D eigenvalue weighted by molar-refractivity contribution is 5.37. The zero-order chi connectivity index (χ0) is 10.1. The average molecular weight is 178 g/mol. The predicted octanol–water partition coefficient (Wildman–Crippen LogP) is 3.33. The van der Waals surface area contributed by atoms with E-state index >= 15 is 0 Å². The molecule has 0 radical (unpaired) electrons. The molecule has 1 rings (SSSR count). The highest BCUT2D eigenvalue weighted by Crippen LogP contribution is 2.36. The second-order valence-corrected chi connectivity index (χ2v) is 4.39. The van der Waals surface area contributed by atoms with Crippen LogP contribution in [0, 0.1) is 5.92 Å². The van der Waals surface area contributed by atoms with Gasteiger partial charge < -0.3 is 5.11 Å². The van der Waals surface area contributed by atoms with Crippen LogP contribution in [-0.4, -0.2) is 5.11 Å². The van der Waals surface area contributed by atoms with Gasteiger partial charge in [0.05, 0.1) is 0 Å². The zero-order valence-electron chi connectivity index (χ0n) is 8.83. The van der Waals surface area contributed by atoms with Gasteiger partial charge in [0.1, 0.15) is 5.75 Å². The van der Waals surface area contributed by atoms with Crippen LogP contribution in [0.2, 0.25) is 0 Å². The van der Waals surface area contributed by atoms with E-state index in [-0.39, 0.29) is 5.41 Å². The Labute approximate surface area is 80.4 Å². The number of hydrogen-bond donors (Lipinski definition) is 1. The Morgan fingerprint density at radius 2 is 1.69 bits per heavy atom. The van der Waals surface area contributed by atoms with Crippen molar-refractivity contribution in [3.05, 3.63) is 29.8 Å². The molecule has 1 N–H and O–H groups in total. The second-order valence-electron chi connectivity index (χ2n) is 4.39. The first-order chi connectivity index (χ1) is 5.96. The van der Waals surface area contributed by atoms with E-state index in [0.717, 1.165) is 5.56 Å². The molecule has 0 aromatic heterocycles. The fourth-order valence-corrected chi connectivity index (χ4v) is 1.33. The lowest BCUT2D eigenvalue weighted by atomic mass is 9.75. The lowest BCUT2D eigenvalue weighted by molar-refractivity contribution is 0.352. The quantitative estimate of drug-likeness (QED) is 0.736. The van der Waals surface area contributed by atoms with E-state index < -0.39 is 0 Å². The standard InChI is InChI=1S/C12H18O/c1-9(2)12(3,4)10-7-5-6-8-11(10)13/h5-9,13H,1-4H3. The maximum absolute atomic E-state index is 9.70. The van der Waals surface area contributed by atoms with Gasteiger partial charge in [-0.15, -0.1) is 0 Å². The van der Waals surface area contributed by atoms with E-state index in [1.54, 1.807) is 6.07 Å². The van der Waals surface area contributed by atoms with E-state index in [0.29, 0.717) is 11.7 Å². The van der Waals surface area contributed by atoms with Crippen LogP contribution in [0.25, 0.3) is 0 Å². The Morgan fingerprint density at radius 3 is 2.15 bits per heavy atom. The second kappa shape index (κ2) is 3.41. The van der Waals surface area contributed by atoms with Crippen molar-refractivity contribution in [2.24, 2.45) is 5.92 Å². The van der Waals surface area contributed by atoms with E-state index in [4.69, 9.17) is 0 Å². The monoisotopic (exact) mass is 178 g/mol. The molecule has 0 saturated heterocycles. The van der Waals surface area contributed by atoms with Crippen molar-refractivity contribution in [3.8, 4) is 5.75 Å². The molecule has 1 aromatic rings. The number of hydrogen-bond acceptors (Lipinski definition) is 1. The maximum Gasteiger partial charge on any atom is 0.119 e. The first-order valence-corrected chi connectivity index (χ1v) is 4.74. The van der Waals surface area contributed by atoms with Gasteiger partial charge in [-0.2, -0.15) is 0 Å². The summed E-state index contributed by atoms with van der Waals surface area (Å²) >= 11 is 0. The van der Waals surface area contributed by atoms with Crippen molar-refractivity contribution < 1.29 is 5.11 Å². The van der Waals surface area contributed by atoms with Crippen molar-refractivity contribution in [1.82, 2.24) is 0 Å². The van der Waals surface area contributed by atoms with Crippen LogP contribution in [0.3, 0.4) is 0 Å². The molecule has 0 aliphatic carbocycles. The van der Waals surface area contributed by atoms with Crippen LogP contribution in [0.15, 0.2) is 24.3 Å². The fraction of sp³-hybridized carbons (Fsp3) is 0.500. The molecule has 0 saturated carbocycles. The zero-order valence-corrected chi connectivity index (χ0v) is 8.83. The Hall–Kier alpha value is -0.980. The minimum Gasteiger partial charge on any atom is -0.508 e. The van der Waals surface area contributed by atoms with E-state index in [9.17, 15) is 5.11 Å². The molecular formula is C12H18O. The van der Waals surface area contributed by atoms with Gasteiger partial charge in [-0.05, 0) is 23.0 Å². The van der Waals surface area contributed by atoms with E-state index in [1.807, 2.05) is 18.2 Å². The smallest absolute Gasteiger partial charge is 0.119 e. The SMILES string of the molecule is CC(C)C(C)(C)c1ccccc1O. The minimum atomic E-state index is 0.0331. The molecule has 0 amide bonds. The third kappa shape index (κ3) is 1.85. The topological polar surface area (TPSA) is 20.2 Å². The van der Waals surface area contributed by atoms with E-state index in [2.05, 4.69) is 27.7 Å². The molecule has 0 fully saturated rings. The normalized spacial score (nSPS) is 12.1. The van der Waals surface area contributed by atoms with Crippen LogP contribution in [0.4, 0.5) is 0 Å². The van der Waals surface area contributed by atoms with Crippen LogP contribution in [0.5, 0.6) is 5.75 Å². The van der Waals surface area contributed by atoms with Gasteiger partial charge in [0, 0.05) is 0 Å². The molecule has 0 aliphatic rings. The number of benzene rings is 1. The van der Waals surface area contributed by atoms with Crippen LogP contribution >= 0.6 is 0 Å². The maximum atomic E-state index is 9.70. The van der Waals surface area contributed by atoms with Crippen molar-refractivity contribution in [3.63, 3.8) is 0 Å². The van der Waals surface area contributed by atoms with Gasteiger partial charge in [-0.1, -0.05) is 45.9 Å². The molecule has 0 atom stereocenters. The first kappa shape index (κ1) is 10.1. The molecule has 0 spiro atoms. The van der Waals surface area contributed by atoms with Gasteiger partial charge in [0.15, 0.2) is 0 Å². The highest BCUT2D eigenvalue weighted by atomic mass is 16.3. The van der Waals surface area contributed by atoms with Crippen molar-refractivity contribution >= 4 is 0 Å². The lowest BCUT2D eigenvalue weighted by Crippen LogP contribution is -2.24. The number of phenols is 1. The lowest BCUT2D eigenvalue weighted by Gasteiger charge is -2.30. The van der Waals surface area contributed by atoms with Gasteiger partial charge in [0.2, 0.25) is 0 Å². The molecule has 1 nitrogen and oxygen atoms in total. The molecular weight excluding hydrogens is 160 g/mol. The Balaban J connectivity index is 3.14. The fourth-order valence-electron chi connectivity index (χ4n) is 1.33. The minimum absolute atomic E-state index is 0.0331. The Bertz CT molecular complexity index is 287. The van der Waals surface area contributed by atoms with Crippen molar-refractivity contribution in [2.75, 3.05) is 0 Å². The summed E-state index contributed by atoms with van der Waals surface area (Å²) in [6.45, 7) is 8.66. The summed E-state index contributed by atoms with van der Waals surface area (Å²) < 4.78 is 0. The van der Waals surface area contributed by atoms with Crippen molar-refractivity contribution in [1.29, 1.82) is 0 Å². The first-order valence-electron chi connectivity index (χ1n) is 4.74. The number of para-hydroxylation sites is 1. The van der Waals surface area contributed by atoms with Crippen molar-refractivity contribution in [2.45, 2.75) is 33.1 Å². The summed E-state index contributed by atoms with van der Waals surface area (Å²) in [6, 6.07) is 7.57. The summed E-state index contributed by atoms with van der Waals surface area (Å²) in [5, 5.41) is 9.70. The number of rotatable bonds is 2. The summed E-state index contributed by atoms with van der Waals surface area (Å²) in [4.78, 5) is 0. The third-order valence-corrected chi connectivity index (χ3v) is 3.04. The largest absolute Gasteiger partial charge is 0.508 e. The van der Waals surface area contributed by atoms with Gasteiger partial charge in [-0.25, -0.2) is 0 Å². The van der Waals surface area contributed by atoms with Gasteiger partial charge in [0.25, 0.3) is 0 Å². The van der Waals surface area contributed by atoms with Crippen LogP contribution in [0.1, 0.15) is 33.3 Å². The number of aromatic hydroxyl groups is 1. The van der Waals surface area contributed by atoms with E-state index in [1.165, 1.54) is 0 Å². The molecule has 0 heterocycles. The van der Waals surface area contributed by atoms with Crippen LogP contribution < -0.4 is 0 Å². The van der Waals surface area contributed by atoms with Gasteiger partial charge in [-0.3, -0.25) is 0 Å². The predicted molar refractivity (Wildman–Crippen MR) is 56.0 cm³/mol. The Kier molecular flexibility index (Phi) is 2.65. The molecule has 1 heteroatoms. The molecule has 0 unspecified atom stereocenters. The van der Waals surface area contributed by atoms with Crippen LogP contribution in [-0.2, 0) is 5.41 Å². The molecule has 13 heavy (non-hydrogen) atoms. The summed E-state index contributed by atoms with van der Waals surface area (Å²) in [6.07, 6.45) is 0. The third-order valence-electron chi connectivity index (χ3n) is 3.04. The molecule has 72 valence electrons. The highest BCUT2D eigenvalue weighted by Gasteiger charge is 2.26. The summed E-state index contributed by atoms with van der Waals surface area (Å²) in [7, 11) is 0. The average Bonchev–Trinajstić information content (AvgIpc) is 2.04.